The van der Waals surface area contributed by atoms with E-state index in [1.54, 1.807) is 0 Å². The number of aryl methyl sites for hydroxylation is 3. The minimum atomic E-state index is 0. The molecule has 1 aromatic carbocycles. The summed E-state index contributed by atoms with van der Waals surface area (Å²) in [4.78, 5) is 11.2. The van der Waals surface area contributed by atoms with Crippen molar-refractivity contribution in [2.75, 3.05) is 26.7 Å². The van der Waals surface area contributed by atoms with E-state index in [4.69, 9.17) is 4.74 Å². The van der Waals surface area contributed by atoms with E-state index in [1.807, 2.05) is 19.3 Å². The molecule has 2 aromatic rings. The molecule has 0 radical (unpaired) electrons. The summed E-state index contributed by atoms with van der Waals surface area (Å²) < 4.78 is 6.05. The van der Waals surface area contributed by atoms with Gasteiger partial charge in [0.15, 0.2) is 5.96 Å². The molecule has 0 spiro atoms. The standard InChI is InChI=1S/C21H28N4O.HI/c1-15-7-8-18(17(3)12-15)20-14-25(10-11-26-20)21(22-4)24-13-19-16(2)6-5-9-23-19;/h5-9,12,20H,10-11,13-14H2,1-4H3,(H,22,24);1H. The van der Waals surface area contributed by atoms with Crippen molar-refractivity contribution >= 4 is 29.9 Å². The van der Waals surface area contributed by atoms with E-state index < -0.39 is 0 Å². The number of hydrogen-bond acceptors (Lipinski definition) is 3. The SMILES string of the molecule is CN=C(NCc1ncccc1C)N1CCOC(c2ccc(C)cc2C)C1.I. The molecular formula is C21H29IN4O. The number of morpholine rings is 1. The highest BCUT2D eigenvalue weighted by Crippen LogP contribution is 2.25. The van der Waals surface area contributed by atoms with Gasteiger partial charge in [-0.05, 0) is 43.5 Å². The van der Waals surface area contributed by atoms with Crippen molar-refractivity contribution in [3.8, 4) is 0 Å². The van der Waals surface area contributed by atoms with Gasteiger partial charge in [0.1, 0.15) is 6.10 Å². The number of rotatable bonds is 3. The van der Waals surface area contributed by atoms with Gasteiger partial charge in [-0.1, -0.05) is 29.8 Å². The average molecular weight is 480 g/mol. The average Bonchev–Trinajstić information content (AvgIpc) is 2.64. The lowest BCUT2D eigenvalue weighted by Gasteiger charge is -2.35. The third-order valence-corrected chi connectivity index (χ3v) is 4.88. The number of pyridine rings is 1. The minimum absolute atomic E-state index is 0. The van der Waals surface area contributed by atoms with Crippen LogP contribution in [0.2, 0.25) is 0 Å². The van der Waals surface area contributed by atoms with Crippen LogP contribution in [0.3, 0.4) is 0 Å². The first-order valence-electron chi connectivity index (χ1n) is 9.13. The molecule has 1 aliphatic rings. The van der Waals surface area contributed by atoms with Crippen LogP contribution in [0.4, 0.5) is 0 Å². The smallest absolute Gasteiger partial charge is 0.194 e. The molecule has 1 aliphatic heterocycles. The topological polar surface area (TPSA) is 49.8 Å². The summed E-state index contributed by atoms with van der Waals surface area (Å²) in [5, 5.41) is 3.45. The van der Waals surface area contributed by atoms with Crippen molar-refractivity contribution in [2.45, 2.75) is 33.4 Å². The van der Waals surface area contributed by atoms with E-state index in [1.165, 1.54) is 22.3 Å². The first-order chi connectivity index (χ1) is 12.6. The van der Waals surface area contributed by atoms with Crippen LogP contribution >= 0.6 is 24.0 Å². The molecule has 1 atom stereocenters. The largest absolute Gasteiger partial charge is 0.370 e. The number of nitrogens with zero attached hydrogens (tertiary/aromatic N) is 3. The van der Waals surface area contributed by atoms with Gasteiger partial charge in [0.05, 0.1) is 25.4 Å². The summed E-state index contributed by atoms with van der Waals surface area (Å²) in [6.45, 7) is 9.36. The number of benzene rings is 1. The predicted octanol–water partition coefficient (Wildman–Crippen LogP) is 3.77. The maximum absolute atomic E-state index is 6.05. The Hall–Kier alpha value is -1.67. The van der Waals surface area contributed by atoms with Crippen molar-refractivity contribution < 1.29 is 4.74 Å². The molecule has 1 saturated heterocycles. The molecule has 2 heterocycles. The second-order valence-electron chi connectivity index (χ2n) is 6.83. The molecule has 1 aromatic heterocycles. The van der Waals surface area contributed by atoms with E-state index in [2.05, 4.69) is 65.2 Å². The zero-order valence-electron chi connectivity index (χ0n) is 16.5. The van der Waals surface area contributed by atoms with Crippen LogP contribution in [-0.2, 0) is 11.3 Å². The highest BCUT2D eigenvalue weighted by atomic mass is 127. The van der Waals surface area contributed by atoms with Crippen molar-refractivity contribution in [1.82, 2.24) is 15.2 Å². The number of guanidine groups is 1. The molecule has 0 saturated carbocycles. The normalized spacial score (nSPS) is 17.4. The molecule has 1 unspecified atom stereocenters. The molecule has 3 rings (SSSR count). The maximum atomic E-state index is 6.05. The summed E-state index contributed by atoms with van der Waals surface area (Å²) in [5.74, 6) is 0.896. The van der Waals surface area contributed by atoms with Crippen molar-refractivity contribution in [1.29, 1.82) is 0 Å². The predicted molar refractivity (Wildman–Crippen MR) is 121 cm³/mol. The fraction of sp³-hybridized carbons (Fsp3) is 0.429. The Morgan fingerprint density at radius 1 is 1.26 bits per heavy atom. The molecule has 0 amide bonds. The molecule has 1 N–H and O–H groups in total. The van der Waals surface area contributed by atoms with E-state index in [0.717, 1.165) is 24.7 Å². The molecule has 0 aliphatic carbocycles. The van der Waals surface area contributed by atoms with Crippen LogP contribution in [0.1, 0.15) is 34.1 Å². The lowest BCUT2D eigenvalue weighted by Crippen LogP contribution is -2.48. The Bertz CT molecular complexity index is 794. The number of halogens is 1. The monoisotopic (exact) mass is 480 g/mol. The van der Waals surface area contributed by atoms with Crippen LogP contribution in [0.5, 0.6) is 0 Å². The van der Waals surface area contributed by atoms with Gasteiger partial charge in [0.25, 0.3) is 0 Å². The highest BCUT2D eigenvalue weighted by molar-refractivity contribution is 14.0. The van der Waals surface area contributed by atoms with Gasteiger partial charge >= 0.3 is 0 Å². The van der Waals surface area contributed by atoms with Gasteiger partial charge in [-0.3, -0.25) is 9.98 Å². The van der Waals surface area contributed by atoms with Gasteiger partial charge in [0.2, 0.25) is 0 Å². The molecule has 5 nitrogen and oxygen atoms in total. The number of aromatic nitrogens is 1. The third kappa shape index (κ3) is 5.42. The van der Waals surface area contributed by atoms with Crippen molar-refractivity contribution in [3.05, 3.63) is 64.5 Å². The lowest BCUT2D eigenvalue weighted by atomic mass is 10.00. The highest BCUT2D eigenvalue weighted by Gasteiger charge is 2.25. The Kier molecular flexibility index (Phi) is 8.04. The molecule has 27 heavy (non-hydrogen) atoms. The van der Waals surface area contributed by atoms with Crippen LogP contribution in [0, 0.1) is 20.8 Å². The van der Waals surface area contributed by atoms with Crippen LogP contribution < -0.4 is 5.32 Å². The third-order valence-electron chi connectivity index (χ3n) is 4.88. The molecule has 146 valence electrons. The summed E-state index contributed by atoms with van der Waals surface area (Å²) in [7, 11) is 1.83. The number of nitrogens with one attached hydrogen (secondary N) is 1. The molecule has 1 fully saturated rings. The van der Waals surface area contributed by atoms with E-state index in [-0.39, 0.29) is 30.1 Å². The number of hydrogen-bond donors (Lipinski definition) is 1. The van der Waals surface area contributed by atoms with Gasteiger partial charge < -0.3 is 15.0 Å². The fourth-order valence-electron chi connectivity index (χ4n) is 3.42. The first-order valence-corrected chi connectivity index (χ1v) is 9.13. The van der Waals surface area contributed by atoms with Gasteiger partial charge in [-0.15, -0.1) is 24.0 Å². The van der Waals surface area contributed by atoms with Crippen LogP contribution in [0.15, 0.2) is 41.5 Å². The van der Waals surface area contributed by atoms with Crippen LogP contribution in [-0.4, -0.2) is 42.6 Å². The lowest BCUT2D eigenvalue weighted by molar-refractivity contribution is -0.00835. The fourth-order valence-corrected chi connectivity index (χ4v) is 3.42. The quantitative estimate of drug-likeness (QED) is 0.413. The first kappa shape index (κ1) is 21.6. The van der Waals surface area contributed by atoms with E-state index in [0.29, 0.717) is 13.2 Å². The summed E-state index contributed by atoms with van der Waals surface area (Å²) >= 11 is 0. The van der Waals surface area contributed by atoms with Crippen LogP contribution in [0.25, 0.3) is 0 Å². The van der Waals surface area contributed by atoms with Crippen molar-refractivity contribution in [3.63, 3.8) is 0 Å². The zero-order valence-corrected chi connectivity index (χ0v) is 18.9. The molecule has 0 bridgehead atoms. The second kappa shape index (κ2) is 10.0. The molecule has 6 heteroatoms. The van der Waals surface area contributed by atoms with Gasteiger partial charge in [-0.2, -0.15) is 0 Å². The second-order valence-corrected chi connectivity index (χ2v) is 6.83. The number of aliphatic imine (C=N–C) groups is 1. The van der Waals surface area contributed by atoms with Gasteiger partial charge in [-0.25, -0.2) is 0 Å². The maximum Gasteiger partial charge on any atom is 0.194 e. The number of ether oxygens (including phenoxy) is 1. The molecular weight excluding hydrogens is 451 g/mol. The van der Waals surface area contributed by atoms with Crippen molar-refractivity contribution in [2.24, 2.45) is 4.99 Å². The Balaban J connectivity index is 0.00000261. The minimum Gasteiger partial charge on any atom is -0.370 e. The Labute approximate surface area is 179 Å². The van der Waals surface area contributed by atoms with E-state index >= 15 is 0 Å². The van der Waals surface area contributed by atoms with E-state index in [9.17, 15) is 0 Å². The zero-order chi connectivity index (χ0) is 18.5. The Morgan fingerprint density at radius 2 is 2.07 bits per heavy atom. The summed E-state index contributed by atoms with van der Waals surface area (Å²) in [6, 6.07) is 10.6. The van der Waals surface area contributed by atoms with Gasteiger partial charge in [0, 0.05) is 19.8 Å². The summed E-state index contributed by atoms with van der Waals surface area (Å²) in [5.41, 5.74) is 6.06. The summed E-state index contributed by atoms with van der Waals surface area (Å²) in [6.07, 6.45) is 1.90. The Morgan fingerprint density at radius 3 is 2.78 bits per heavy atom.